The fraction of sp³-hybridized carbons (Fsp3) is 0.625. The zero-order chi connectivity index (χ0) is 26.3. The van der Waals surface area contributed by atoms with Crippen LogP contribution < -0.4 is 5.32 Å². The number of nitrogens with one attached hydrogen (secondary N) is 1. The molecular weight excluding hydrogens is 484 g/mol. The molecule has 1 N–H and O–H groups in total. The molecule has 2 aromatic rings. The van der Waals surface area contributed by atoms with Gasteiger partial charge in [0.15, 0.2) is 35.4 Å². The molecule has 5 rings (SSSR count). The van der Waals surface area contributed by atoms with Crippen molar-refractivity contribution in [3.05, 3.63) is 12.2 Å². The monoisotopic (exact) mass is 512 g/mol. The third kappa shape index (κ3) is 4.93. The predicted octanol–water partition coefficient (Wildman–Crippen LogP) is 1.62. The van der Waals surface area contributed by atoms with Gasteiger partial charge in [-0.2, -0.15) is 15.2 Å². The summed E-state index contributed by atoms with van der Waals surface area (Å²) < 4.78 is 23.7. The van der Waals surface area contributed by atoms with Gasteiger partial charge in [0.1, 0.15) is 18.8 Å². The van der Waals surface area contributed by atoms with Gasteiger partial charge in [-0.05, 0) is 31.1 Å². The normalized spacial score (nSPS) is 30.2. The minimum atomic E-state index is -1.10. The summed E-state index contributed by atoms with van der Waals surface area (Å²) in [6, 6.07) is 2.23. The molecule has 2 aliphatic carbocycles. The summed E-state index contributed by atoms with van der Waals surface area (Å²) in [5.41, 5.74) is 0.716. The highest BCUT2D eigenvalue weighted by atomic mass is 16.7. The number of anilines is 1. The number of nitriles is 1. The first-order valence-electron chi connectivity index (χ1n) is 12.3. The first kappa shape index (κ1) is 24.9. The molecule has 0 amide bonds. The molecule has 3 heterocycles. The van der Waals surface area contributed by atoms with Gasteiger partial charge in [-0.25, -0.2) is 4.98 Å². The molecule has 196 valence electrons. The van der Waals surface area contributed by atoms with Crippen LogP contribution in [0.1, 0.15) is 58.5 Å². The second kappa shape index (κ2) is 9.93. The van der Waals surface area contributed by atoms with Gasteiger partial charge in [0, 0.05) is 26.8 Å². The molecular formula is C24H28N6O7. The largest absolute Gasteiger partial charge is 0.463 e. The molecule has 1 aliphatic heterocycles. The van der Waals surface area contributed by atoms with Gasteiger partial charge < -0.3 is 24.3 Å². The highest BCUT2D eigenvalue weighted by molar-refractivity contribution is 5.83. The molecule has 2 aromatic heterocycles. The standard InChI is InChI=1S/C24H28N6O7/c1-11(31)34-9-17-20(35-12(2)32)21(36-13(3)33)24(37-17)30-10-26-19-22(28-18(8-25)29-23(19)30)27-16-7-14-4-5-15(16)6-14/h10,14-17,20-21,24H,4-7,9H2,1-3H3,(H,27,28,29)/t14?,15?,16?,17-,20+,21+,24+/m0/s1. The van der Waals surface area contributed by atoms with Crippen molar-refractivity contribution < 1.29 is 33.3 Å². The van der Waals surface area contributed by atoms with Gasteiger partial charge in [0.2, 0.25) is 5.82 Å². The third-order valence-electron chi connectivity index (χ3n) is 7.20. The van der Waals surface area contributed by atoms with Gasteiger partial charge >= 0.3 is 17.9 Å². The summed E-state index contributed by atoms with van der Waals surface area (Å²) in [6.45, 7) is 3.45. The first-order chi connectivity index (χ1) is 17.7. The Kier molecular flexibility index (Phi) is 6.68. The van der Waals surface area contributed by atoms with Crippen LogP contribution in [0.5, 0.6) is 0 Å². The van der Waals surface area contributed by atoms with Gasteiger partial charge in [-0.3, -0.25) is 19.0 Å². The van der Waals surface area contributed by atoms with Crippen LogP contribution in [0.3, 0.4) is 0 Å². The van der Waals surface area contributed by atoms with Crippen LogP contribution in [0.2, 0.25) is 0 Å². The smallest absolute Gasteiger partial charge is 0.303 e. The molecule has 0 aromatic carbocycles. The number of nitrogens with zero attached hydrogens (tertiary/aromatic N) is 5. The average molecular weight is 513 g/mol. The fourth-order valence-corrected chi connectivity index (χ4v) is 5.77. The molecule has 1 saturated heterocycles. The second-order valence-corrected chi connectivity index (χ2v) is 9.77. The van der Waals surface area contributed by atoms with Crippen molar-refractivity contribution in [2.45, 2.75) is 77.0 Å². The Labute approximate surface area is 212 Å². The van der Waals surface area contributed by atoms with Gasteiger partial charge in [0.25, 0.3) is 0 Å². The van der Waals surface area contributed by atoms with Crippen LogP contribution in [-0.4, -0.2) is 68.4 Å². The highest BCUT2D eigenvalue weighted by Gasteiger charge is 2.51. The molecule has 2 saturated carbocycles. The van der Waals surface area contributed by atoms with Crippen molar-refractivity contribution in [1.29, 1.82) is 5.26 Å². The summed E-state index contributed by atoms with van der Waals surface area (Å²) in [5, 5.41) is 13.1. The number of carbonyl (C=O) groups excluding carboxylic acids is 3. The molecule has 7 atom stereocenters. The van der Waals surface area contributed by atoms with E-state index in [1.165, 1.54) is 44.5 Å². The summed E-state index contributed by atoms with van der Waals surface area (Å²) in [4.78, 5) is 48.5. The lowest BCUT2D eigenvalue weighted by Crippen LogP contribution is -2.40. The minimum Gasteiger partial charge on any atom is -0.463 e. The lowest BCUT2D eigenvalue weighted by atomic mass is 9.95. The van der Waals surface area contributed by atoms with E-state index in [1.807, 2.05) is 6.07 Å². The topological polar surface area (TPSA) is 168 Å². The van der Waals surface area contributed by atoms with Gasteiger partial charge in [-0.1, -0.05) is 6.42 Å². The number of fused-ring (bicyclic) bond motifs is 3. The average Bonchev–Trinajstić information content (AvgIpc) is 3.61. The molecule has 0 spiro atoms. The van der Waals surface area contributed by atoms with Crippen LogP contribution in [0.15, 0.2) is 6.33 Å². The van der Waals surface area contributed by atoms with E-state index in [-0.39, 0.29) is 24.1 Å². The first-order valence-corrected chi connectivity index (χ1v) is 12.3. The van der Waals surface area contributed by atoms with Crippen LogP contribution in [0, 0.1) is 23.2 Å². The SMILES string of the molecule is CC(=O)OC[C@@H]1O[C@@H](n2cnc3c(NC4CC5CCC4C5)nc(C#N)nc32)[C@H](OC(C)=O)[C@@H]1OC(C)=O. The van der Waals surface area contributed by atoms with E-state index in [4.69, 9.17) is 18.9 Å². The number of carbonyl (C=O) groups is 3. The van der Waals surface area contributed by atoms with Crippen molar-refractivity contribution in [3.63, 3.8) is 0 Å². The number of esters is 3. The maximum absolute atomic E-state index is 12.0. The van der Waals surface area contributed by atoms with Crippen molar-refractivity contribution in [2.24, 2.45) is 11.8 Å². The molecule has 37 heavy (non-hydrogen) atoms. The molecule has 13 nitrogen and oxygen atoms in total. The van der Waals surface area contributed by atoms with Crippen LogP contribution in [0.4, 0.5) is 5.82 Å². The number of ether oxygens (including phenoxy) is 4. The molecule has 2 bridgehead atoms. The van der Waals surface area contributed by atoms with E-state index in [0.717, 1.165) is 12.8 Å². The highest BCUT2D eigenvalue weighted by Crippen LogP contribution is 2.46. The number of rotatable bonds is 7. The van der Waals surface area contributed by atoms with Crippen molar-refractivity contribution in [3.8, 4) is 6.07 Å². The molecule has 3 fully saturated rings. The number of imidazole rings is 1. The Hall–Kier alpha value is -3.79. The second-order valence-electron chi connectivity index (χ2n) is 9.77. The Bertz CT molecular complexity index is 1270. The van der Waals surface area contributed by atoms with E-state index in [2.05, 4.69) is 20.3 Å². The number of hydrogen-bond acceptors (Lipinski definition) is 12. The number of aromatic nitrogens is 4. The Morgan fingerprint density at radius 2 is 1.86 bits per heavy atom. The Balaban J connectivity index is 1.52. The molecule has 0 radical (unpaired) electrons. The maximum Gasteiger partial charge on any atom is 0.303 e. The van der Waals surface area contributed by atoms with Crippen molar-refractivity contribution in [2.75, 3.05) is 11.9 Å². The van der Waals surface area contributed by atoms with Crippen LogP contribution in [0.25, 0.3) is 11.2 Å². The van der Waals surface area contributed by atoms with E-state index < -0.39 is 42.4 Å². The van der Waals surface area contributed by atoms with E-state index in [0.29, 0.717) is 23.2 Å². The summed E-state index contributed by atoms with van der Waals surface area (Å²) >= 11 is 0. The summed E-state index contributed by atoms with van der Waals surface area (Å²) in [6.07, 6.45) is 1.97. The van der Waals surface area contributed by atoms with Gasteiger partial charge in [-0.15, -0.1) is 0 Å². The predicted molar refractivity (Wildman–Crippen MR) is 125 cm³/mol. The minimum absolute atomic E-state index is 0.0602. The lowest BCUT2D eigenvalue weighted by Gasteiger charge is -2.24. The summed E-state index contributed by atoms with van der Waals surface area (Å²) in [7, 11) is 0. The molecule has 3 aliphatic rings. The van der Waals surface area contributed by atoms with Crippen molar-refractivity contribution >= 4 is 34.9 Å². The molecule has 3 unspecified atom stereocenters. The van der Waals surface area contributed by atoms with Crippen molar-refractivity contribution in [1.82, 2.24) is 19.5 Å². The molecule has 13 heteroatoms. The van der Waals surface area contributed by atoms with E-state index in [9.17, 15) is 19.6 Å². The van der Waals surface area contributed by atoms with E-state index in [1.54, 1.807) is 0 Å². The fourth-order valence-electron chi connectivity index (χ4n) is 5.77. The van der Waals surface area contributed by atoms with E-state index >= 15 is 0 Å². The van der Waals surface area contributed by atoms with Crippen LogP contribution in [-0.2, 0) is 33.3 Å². The lowest BCUT2D eigenvalue weighted by molar-refractivity contribution is -0.166. The maximum atomic E-state index is 12.0. The zero-order valence-corrected chi connectivity index (χ0v) is 20.7. The Morgan fingerprint density at radius 1 is 1.11 bits per heavy atom. The number of hydrogen-bond donors (Lipinski definition) is 1. The summed E-state index contributed by atoms with van der Waals surface area (Å²) in [5.74, 6) is -0.144. The quantitative estimate of drug-likeness (QED) is 0.421. The van der Waals surface area contributed by atoms with Crippen LogP contribution >= 0.6 is 0 Å². The Morgan fingerprint density at radius 3 is 2.49 bits per heavy atom. The third-order valence-corrected chi connectivity index (χ3v) is 7.20. The van der Waals surface area contributed by atoms with Gasteiger partial charge in [0.05, 0.1) is 6.33 Å². The zero-order valence-electron chi connectivity index (χ0n) is 20.7.